The zero-order chi connectivity index (χ0) is 21.2. The number of anilines is 1. The molecule has 0 unspecified atom stereocenters. The van der Waals surface area contributed by atoms with Gasteiger partial charge in [0.25, 0.3) is 0 Å². The van der Waals surface area contributed by atoms with Crippen molar-refractivity contribution in [3.05, 3.63) is 71.7 Å². The quantitative estimate of drug-likeness (QED) is 0.268. The van der Waals surface area contributed by atoms with E-state index >= 15 is 0 Å². The Morgan fingerprint density at radius 1 is 1.23 bits per heavy atom. The van der Waals surface area contributed by atoms with E-state index in [1.54, 1.807) is 36.1 Å². The Morgan fingerprint density at radius 2 is 2.07 bits per heavy atom. The molecule has 0 aliphatic carbocycles. The summed E-state index contributed by atoms with van der Waals surface area (Å²) in [6, 6.07) is 14.7. The lowest BCUT2D eigenvalue weighted by molar-refractivity contribution is 0.128. The van der Waals surface area contributed by atoms with Gasteiger partial charge in [-0.15, -0.1) is 17.4 Å². The van der Waals surface area contributed by atoms with Crippen LogP contribution in [0.3, 0.4) is 0 Å². The first-order valence-corrected chi connectivity index (χ1v) is 9.11. The third kappa shape index (κ3) is 5.65. The van der Waals surface area contributed by atoms with Crippen molar-refractivity contribution in [1.82, 2.24) is 20.0 Å². The van der Waals surface area contributed by atoms with Gasteiger partial charge in [-0.3, -0.25) is 5.32 Å². The number of rotatable bonds is 8. The Bertz CT molecular complexity index is 1060. The van der Waals surface area contributed by atoms with Crippen LogP contribution in [-0.4, -0.2) is 38.4 Å². The predicted octanol–water partition coefficient (Wildman–Crippen LogP) is 2.75. The Morgan fingerprint density at radius 3 is 2.80 bits per heavy atom. The number of hydrogen-bond acceptors (Lipinski definition) is 7. The molecule has 2 aromatic heterocycles. The summed E-state index contributed by atoms with van der Waals surface area (Å²) in [6.07, 6.45) is 6.47. The van der Waals surface area contributed by atoms with Gasteiger partial charge >= 0.3 is 6.09 Å². The number of nitrogens with one attached hydrogen (secondary N) is 1. The van der Waals surface area contributed by atoms with Crippen molar-refractivity contribution in [2.24, 2.45) is 12.2 Å². The normalized spacial score (nSPS) is 10.9. The second-order valence-electron chi connectivity index (χ2n) is 6.05. The molecule has 9 nitrogen and oxygen atoms in total. The van der Waals surface area contributed by atoms with Crippen LogP contribution in [0.1, 0.15) is 23.4 Å². The summed E-state index contributed by atoms with van der Waals surface area (Å²) in [5, 5.41) is 14.7. The van der Waals surface area contributed by atoms with Crippen LogP contribution in [0.4, 0.5) is 10.6 Å². The predicted molar refractivity (Wildman–Crippen MR) is 111 cm³/mol. The van der Waals surface area contributed by atoms with Crippen LogP contribution in [0.2, 0.25) is 0 Å². The van der Waals surface area contributed by atoms with Crippen molar-refractivity contribution in [3.63, 3.8) is 0 Å². The fourth-order valence-electron chi connectivity index (χ4n) is 2.48. The van der Waals surface area contributed by atoms with Crippen LogP contribution in [0.15, 0.2) is 59.9 Å². The lowest BCUT2D eigenvalue weighted by atomic mass is 10.1. The molecule has 1 N–H and O–H groups in total. The van der Waals surface area contributed by atoms with Crippen LogP contribution < -0.4 is 5.32 Å². The van der Waals surface area contributed by atoms with Crippen LogP contribution in [0.5, 0.6) is 0 Å². The number of carbonyl (C=O) groups is 1. The van der Waals surface area contributed by atoms with Crippen molar-refractivity contribution < 1.29 is 14.4 Å². The molecule has 9 heteroatoms. The highest BCUT2D eigenvalue weighted by atomic mass is 16.6. The number of benzene rings is 1. The van der Waals surface area contributed by atoms with Crippen LogP contribution >= 0.6 is 0 Å². The van der Waals surface area contributed by atoms with Gasteiger partial charge in [0.1, 0.15) is 23.8 Å². The highest BCUT2D eigenvalue weighted by Crippen LogP contribution is 2.11. The van der Waals surface area contributed by atoms with E-state index in [2.05, 4.69) is 31.7 Å². The smallest absolute Gasteiger partial charge is 0.412 e. The standard InChI is InChI=1S/C21H20N6O3/c1-3-4-13-29-21(28)24-19-12-8-11-17(23-19)15-30-25-20(16-9-6-5-7-10-16)18-14-22-26-27(18)2/h1,5-12,14H,4,13,15H2,2H3,(H,23,24,28)/b25-20-. The highest BCUT2D eigenvalue weighted by Gasteiger charge is 2.13. The molecule has 0 spiro atoms. The molecule has 30 heavy (non-hydrogen) atoms. The fraction of sp³-hybridized carbons (Fsp3) is 0.190. The van der Waals surface area contributed by atoms with E-state index in [0.717, 1.165) is 5.56 Å². The molecular weight excluding hydrogens is 384 g/mol. The number of aromatic nitrogens is 4. The van der Waals surface area contributed by atoms with E-state index in [4.69, 9.17) is 16.0 Å². The maximum atomic E-state index is 11.7. The molecule has 2 heterocycles. The van der Waals surface area contributed by atoms with Gasteiger partial charge in [-0.2, -0.15) is 0 Å². The molecule has 0 aliphatic heterocycles. The van der Waals surface area contributed by atoms with E-state index in [1.807, 2.05) is 30.3 Å². The number of ether oxygens (including phenoxy) is 1. The van der Waals surface area contributed by atoms with Crippen molar-refractivity contribution >= 4 is 17.6 Å². The number of pyridine rings is 1. The zero-order valence-corrected chi connectivity index (χ0v) is 16.4. The number of amides is 1. The second kappa shape index (κ2) is 10.4. The van der Waals surface area contributed by atoms with Gasteiger partial charge < -0.3 is 9.57 Å². The average molecular weight is 404 g/mol. The molecule has 0 bridgehead atoms. The number of terminal acetylenes is 1. The third-order valence-electron chi connectivity index (χ3n) is 3.89. The molecule has 1 amide bonds. The Labute approximate surface area is 173 Å². The van der Waals surface area contributed by atoms with Crippen LogP contribution in [-0.2, 0) is 23.2 Å². The molecule has 3 rings (SSSR count). The number of oxime groups is 1. The van der Waals surface area contributed by atoms with E-state index in [1.165, 1.54) is 0 Å². The first-order chi connectivity index (χ1) is 14.7. The van der Waals surface area contributed by atoms with Crippen molar-refractivity contribution in [3.8, 4) is 12.3 Å². The van der Waals surface area contributed by atoms with Gasteiger partial charge in [0.15, 0.2) is 6.61 Å². The maximum Gasteiger partial charge on any atom is 0.412 e. The number of nitrogens with zero attached hydrogens (tertiary/aromatic N) is 5. The average Bonchev–Trinajstić information content (AvgIpc) is 3.18. The van der Waals surface area contributed by atoms with Gasteiger partial charge in [0.05, 0.1) is 11.9 Å². The van der Waals surface area contributed by atoms with E-state index in [0.29, 0.717) is 29.3 Å². The van der Waals surface area contributed by atoms with Gasteiger partial charge in [-0.1, -0.05) is 46.8 Å². The minimum atomic E-state index is -0.621. The monoisotopic (exact) mass is 404 g/mol. The van der Waals surface area contributed by atoms with E-state index < -0.39 is 6.09 Å². The van der Waals surface area contributed by atoms with E-state index in [-0.39, 0.29) is 13.2 Å². The largest absolute Gasteiger partial charge is 0.448 e. The van der Waals surface area contributed by atoms with Gasteiger partial charge in [0, 0.05) is 19.0 Å². The lowest BCUT2D eigenvalue weighted by Crippen LogP contribution is -2.15. The van der Waals surface area contributed by atoms with Crippen LogP contribution in [0.25, 0.3) is 0 Å². The molecule has 152 valence electrons. The number of aryl methyl sites for hydroxylation is 1. The van der Waals surface area contributed by atoms with Crippen molar-refractivity contribution in [1.29, 1.82) is 0 Å². The minimum absolute atomic E-state index is 0.100. The molecule has 0 saturated carbocycles. The van der Waals surface area contributed by atoms with Gasteiger partial charge in [0.2, 0.25) is 0 Å². The molecule has 0 fully saturated rings. The number of hydrogen-bond donors (Lipinski definition) is 1. The molecule has 0 radical (unpaired) electrons. The summed E-state index contributed by atoms with van der Waals surface area (Å²) in [4.78, 5) is 21.6. The highest BCUT2D eigenvalue weighted by molar-refractivity contribution is 6.11. The molecule has 0 saturated heterocycles. The first-order valence-electron chi connectivity index (χ1n) is 9.11. The minimum Gasteiger partial charge on any atom is -0.448 e. The lowest BCUT2D eigenvalue weighted by Gasteiger charge is -2.08. The van der Waals surface area contributed by atoms with Crippen LogP contribution in [0, 0.1) is 12.3 Å². The summed E-state index contributed by atoms with van der Waals surface area (Å²) >= 11 is 0. The second-order valence-corrected chi connectivity index (χ2v) is 6.05. The molecule has 1 aromatic carbocycles. The zero-order valence-electron chi connectivity index (χ0n) is 16.4. The van der Waals surface area contributed by atoms with Gasteiger partial charge in [-0.25, -0.2) is 14.5 Å². The Hall–Kier alpha value is -4.19. The van der Waals surface area contributed by atoms with E-state index in [9.17, 15) is 4.79 Å². The third-order valence-corrected chi connectivity index (χ3v) is 3.89. The summed E-state index contributed by atoms with van der Waals surface area (Å²) in [6.45, 7) is 0.244. The number of carbonyl (C=O) groups excluding carboxylic acids is 1. The molecule has 0 atom stereocenters. The topological polar surface area (TPSA) is 104 Å². The maximum absolute atomic E-state index is 11.7. The Kier molecular flexibility index (Phi) is 7.11. The molecular formula is C21H20N6O3. The van der Waals surface area contributed by atoms with Crippen molar-refractivity contribution in [2.45, 2.75) is 13.0 Å². The summed E-state index contributed by atoms with van der Waals surface area (Å²) in [5.74, 6) is 2.73. The molecule has 3 aromatic rings. The summed E-state index contributed by atoms with van der Waals surface area (Å²) in [5.41, 5.74) is 2.74. The Balaban J connectivity index is 1.68. The first kappa shape index (κ1) is 20.5. The van der Waals surface area contributed by atoms with Crippen molar-refractivity contribution in [2.75, 3.05) is 11.9 Å². The molecule has 0 aliphatic rings. The summed E-state index contributed by atoms with van der Waals surface area (Å²) < 4.78 is 6.56. The fourth-order valence-corrected chi connectivity index (χ4v) is 2.48. The summed E-state index contributed by atoms with van der Waals surface area (Å²) in [7, 11) is 1.78. The van der Waals surface area contributed by atoms with Gasteiger partial charge in [-0.05, 0) is 12.1 Å². The SMILES string of the molecule is C#CCCOC(=O)Nc1cccc(CO/N=C(/c2ccccc2)c2cnnn2C)n1.